The third-order valence-corrected chi connectivity index (χ3v) is 2.44. The van der Waals surface area contributed by atoms with Crippen LogP contribution in [0.2, 0.25) is 0 Å². The average Bonchev–Trinajstić information content (AvgIpc) is 2.81. The number of rotatable bonds is 6. The van der Waals surface area contributed by atoms with Crippen LogP contribution in [-0.2, 0) is 9.53 Å². The molecule has 0 unspecified atom stereocenters. The maximum absolute atomic E-state index is 11.9. The molecule has 0 aliphatic heterocycles. The van der Waals surface area contributed by atoms with E-state index in [0.29, 0.717) is 5.69 Å². The van der Waals surface area contributed by atoms with Gasteiger partial charge in [-0.2, -0.15) is 5.10 Å². The Morgan fingerprint density at radius 3 is 2.95 bits per heavy atom. The minimum Gasteiger partial charge on any atom is -0.480 e. The van der Waals surface area contributed by atoms with E-state index in [1.807, 2.05) is 18.2 Å². The zero-order valence-corrected chi connectivity index (χ0v) is 10.0. The molecule has 7 heteroatoms. The topological polar surface area (TPSA) is 104 Å². The van der Waals surface area contributed by atoms with Gasteiger partial charge in [0.05, 0.1) is 12.1 Å². The number of amides is 1. The molecule has 1 aromatic carbocycles. The Kier molecular flexibility index (Phi) is 4.09. The third kappa shape index (κ3) is 3.29. The number of ether oxygens (including phenoxy) is 1. The Bertz CT molecular complexity index is 593. The van der Waals surface area contributed by atoms with Crippen molar-refractivity contribution in [2.24, 2.45) is 0 Å². The highest BCUT2D eigenvalue weighted by atomic mass is 16.5. The molecule has 0 radical (unpaired) electrons. The van der Waals surface area contributed by atoms with Crippen LogP contribution in [0.25, 0.3) is 10.9 Å². The molecule has 1 aromatic heterocycles. The fourth-order valence-electron chi connectivity index (χ4n) is 1.62. The third-order valence-electron chi connectivity index (χ3n) is 2.44. The van der Waals surface area contributed by atoms with E-state index in [2.05, 4.69) is 15.5 Å². The molecule has 2 aromatic rings. The first kappa shape index (κ1) is 13.0. The van der Waals surface area contributed by atoms with Crippen molar-refractivity contribution < 1.29 is 19.4 Å². The first-order valence-corrected chi connectivity index (χ1v) is 5.69. The second-order valence-electron chi connectivity index (χ2n) is 3.82. The minimum atomic E-state index is -1.04. The Morgan fingerprint density at radius 2 is 2.16 bits per heavy atom. The predicted octanol–water partition coefficient (Wildman–Crippen LogP) is 0.394. The van der Waals surface area contributed by atoms with Crippen molar-refractivity contribution in [2.45, 2.75) is 0 Å². The molecule has 0 fully saturated rings. The Balaban J connectivity index is 1.88. The first-order valence-electron chi connectivity index (χ1n) is 5.69. The van der Waals surface area contributed by atoms with E-state index >= 15 is 0 Å². The standard InChI is InChI=1S/C12H13N3O4/c16-10(17)7-19-6-5-13-12(18)11-8-3-1-2-4-9(8)14-15-11/h1-4H,5-7H2,(H,13,18)(H,14,15)(H,16,17). The second kappa shape index (κ2) is 5.96. The summed E-state index contributed by atoms with van der Waals surface area (Å²) in [7, 11) is 0. The van der Waals surface area contributed by atoms with Crippen molar-refractivity contribution in [3.63, 3.8) is 0 Å². The van der Waals surface area contributed by atoms with E-state index in [1.54, 1.807) is 6.07 Å². The number of carbonyl (C=O) groups excluding carboxylic acids is 1. The Labute approximate surface area is 108 Å². The molecule has 0 atom stereocenters. The zero-order chi connectivity index (χ0) is 13.7. The van der Waals surface area contributed by atoms with Crippen LogP contribution in [0.5, 0.6) is 0 Å². The number of carboxylic acid groups (broad SMARTS) is 1. The number of nitrogens with one attached hydrogen (secondary N) is 2. The van der Waals surface area contributed by atoms with Crippen molar-refractivity contribution in [1.29, 1.82) is 0 Å². The van der Waals surface area contributed by atoms with Gasteiger partial charge in [0.1, 0.15) is 6.61 Å². The number of hydrogen-bond acceptors (Lipinski definition) is 4. The number of aliphatic carboxylic acids is 1. The van der Waals surface area contributed by atoms with Gasteiger partial charge < -0.3 is 15.2 Å². The van der Waals surface area contributed by atoms with Gasteiger partial charge in [0, 0.05) is 11.9 Å². The molecule has 100 valence electrons. The quantitative estimate of drug-likeness (QED) is 0.654. The van der Waals surface area contributed by atoms with Crippen molar-refractivity contribution in [3.8, 4) is 0 Å². The SMILES string of the molecule is O=C(O)COCCNC(=O)c1n[nH]c2ccccc12. The van der Waals surface area contributed by atoms with Gasteiger partial charge in [-0.25, -0.2) is 4.79 Å². The van der Waals surface area contributed by atoms with Crippen LogP contribution in [0.1, 0.15) is 10.5 Å². The number of benzene rings is 1. The first-order chi connectivity index (χ1) is 9.18. The summed E-state index contributed by atoms with van der Waals surface area (Å²) in [6.07, 6.45) is 0. The summed E-state index contributed by atoms with van der Waals surface area (Å²) in [5, 5.41) is 18.4. The van der Waals surface area contributed by atoms with Crippen molar-refractivity contribution >= 4 is 22.8 Å². The maximum atomic E-state index is 11.9. The number of aromatic amines is 1. The van der Waals surface area contributed by atoms with Gasteiger partial charge in [0.15, 0.2) is 5.69 Å². The molecule has 1 heterocycles. The van der Waals surface area contributed by atoms with Crippen molar-refractivity contribution in [2.75, 3.05) is 19.8 Å². The van der Waals surface area contributed by atoms with Crippen LogP contribution in [-0.4, -0.2) is 46.9 Å². The Morgan fingerprint density at radius 1 is 1.37 bits per heavy atom. The largest absolute Gasteiger partial charge is 0.480 e. The van der Waals surface area contributed by atoms with E-state index in [0.717, 1.165) is 10.9 Å². The zero-order valence-electron chi connectivity index (χ0n) is 10.0. The van der Waals surface area contributed by atoms with E-state index in [1.165, 1.54) is 0 Å². The molecule has 0 aliphatic rings. The summed E-state index contributed by atoms with van der Waals surface area (Å²) in [5.74, 6) is -1.36. The van der Waals surface area contributed by atoms with Gasteiger partial charge >= 0.3 is 5.97 Å². The van der Waals surface area contributed by atoms with Crippen molar-refractivity contribution in [3.05, 3.63) is 30.0 Å². The summed E-state index contributed by atoms with van der Waals surface area (Å²) >= 11 is 0. The van der Waals surface area contributed by atoms with Crippen LogP contribution in [0.3, 0.4) is 0 Å². The number of carbonyl (C=O) groups is 2. The van der Waals surface area contributed by atoms with E-state index in [-0.39, 0.29) is 25.7 Å². The van der Waals surface area contributed by atoms with Gasteiger partial charge in [-0.15, -0.1) is 0 Å². The highest BCUT2D eigenvalue weighted by Gasteiger charge is 2.12. The number of nitrogens with zero attached hydrogens (tertiary/aromatic N) is 1. The molecule has 0 saturated carbocycles. The number of hydrogen-bond donors (Lipinski definition) is 3. The number of fused-ring (bicyclic) bond motifs is 1. The molecule has 3 N–H and O–H groups in total. The van der Waals surface area contributed by atoms with Crippen LogP contribution in [0.15, 0.2) is 24.3 Å². The number of para-hydroxylation sites is 1. The molecule has 0 spiro atoms. The summed E-state index contributed by atoms with van der Waals surface area (Å²) in [4.78, 5) is 22.1. The Hall–Kier alpha value is -2.41. The summed E-state index contributed by atoms with van der Waals surface area (Å²) in [6.45, 7) is -0.00506. The summed E-state index contributed by atoms with van der Waals surface area (Å²) in [5.41, 5.74) is 1.10. The highest BCUT2D eigenvalue weighted by Crippen LogP contribution is 2.14. The predicted molar refractivity (Wildman–Crippen MR) is 66.9 cm³/mol. The lowest BCUT2D eigenvalue weighted by Gasteiger charge is -2.03. The van der Waals surface area contributed by atoms with Gasteiger partial charge in [-0.3, -0.25) is 9.89 Å². The molecule has 0 saturated heterocycles. The molecular weight excluding hydrogens is 250 g/mol. The molecule has 2 rings (SSSR count). The molecule has 0 bridgehead atoms. The average molecular weight is 263 g/mol. The second-order valence-corrected chi connectivity index (χ2v) is 3.82. The molecule has 0 aliphatic carbocycles. The highest BCUT2D eigenvalue weighted by molar-refractivity contribution is 6.04. The summed E-state index contributed by atoms with van der Waals surface area (Å²) < 4.78 is 4.81. The number of carboxylic acids is 1. The fourth-order valence-corrected chi connectivity index (χ4v) is 1.62. The minimum absolute atomic E-state index is 0.139. The lowest BCUT2D eigenvalue weighted by molar-refractivity contribution is -0.142. The van der Waals surface area contributed by atoms with Crippen LogP contribution >= 0.6 is 0 Å². The van der Waals surface area contributed by atoms with E-state index in [9.17, 15) is 9.59 Å². The van der Waals surface area contributed by atoms with E-state index < -0.39 is 5.97 Å². The van der Waals surface area contributed by atoms with Gasteiger partial charge in [0.2, 0.25) is 0 Å². The normalized spacial score (nSPS) is 10.5. The monoisotopic (exact) mass is 263 g/mol. The van der Waals surface area contributed by atoms with Crippen LogP contribution in [0, 0.1) is 0 Å². The molecule has 19 heavy (non-hydrogen) atoms. The van der Waals surface area contributed by atoms with Gasteiger partial charge in [-0.1, -0.05) is 18.2 Å². The number of H-pyrrole nitrogens is 1. The van der Waals surface area contributed by atoms with Crippen molar-refractivity contribution in [1.82, 2.24) is 15.5 Å². The molecule has 7 nitrogen and oxygen atoms in total. The number of aromatic nitrogens is 2. The lowest BCUT2D eigenvalue weighted by atomic mass is 10.2. The molecule has 1 amide bonds. The lowest BCUT2D eigenvalue weighted by Crippen LogP contribution is -2.28. The maximum Gasteiger partial charge on any atom is 0.329 e. The van der Waals surface area contributed by atoms with Crippen LogP contribution < -0.4 is 5.32 Å². The fraction of sp³-hybridized carbons (Fsp3) is 0.250. The molecular formula is C12H13N3O4. The van der Waals surface area contributed by atoms with E-state index in [4.69, 9.17) is 9.84 Å². The van der Waals surface area contributed by atoms with Gasteiger partial charge in [0.25, 0.3) is 5.91 Å². The summed E-state index contributed by atoms with van der Waals surface area (Å²) in [6, 6.07) is 7.30. The van der Waals surface area contributed by atoms with Gasteiger partial charge in [-0.05, 0) is 6.07 Å². The van der Waals surface area contributed by atoms with Crippen LogP contribution in [0.4, 0.5) is 0 Å². The smallest absolute Gasteiger partial charge is 0.329 e.